The fraction of sp³-hybridized carbons (Fsp3) is 0.308. The highest BCUT2D eigenvalue weighted by Crippen LogP contribution is 2.09. The Morgan fingerprint density at radius 2 is 2.21 bits per heavy atom. The van der Waals surface area contributed by atoms with E-state index in [0.29, 0.717) is 30.4 Å². The van der Waals surface area contributed by atoms with E-state index in [1.807, 2.05) is 18.0 Å². The lowest BCUT2D eigenvalue weighted by Gasteiger charge is -2.14. The van der Waals surface area contributed by atoms with Crippen LogP contribution in [0.2, 0.25) is 0 Å². The average Bonchev–Trinajstić information content (AvgIpc) is 2.74. The second-order valence-corrected chi connectivity index (χ2v) is 4.41. The van der Waals surface area contributed by atoms with Gasteiger partial charge in [0.1, 0.15) is 0 Å². The fourth-order valence-corrected chi connectivity index (χ4v) is 1.82. The van der Waals surface area contributed by atoms with Crippen molar-refractivity contribution in [1.82, 2.24) is 15.0 Å². The highest BCUT2D eigenvalue weighted by molar-refractivity contribution is 5.87. The summed E-state index contributed by atoms with van der Waals surface area (Å²) in [5.41, 5.74) is 1.23. The van der Waals surface area contributed by atoms with Gasteiger partial charge in [-0.05, 0) is 24.7 Å². The van der Waals surface area contributed by atoms with Crippen LogP contribution in [0.25, 0.3) is 0 Å². The molecule has 0 bridgehead atoms. The molecule has 2 aromatic rings. The first-order valence-corrected chi connectivity index (χ1v) is 5.84. The highest BCUT2D eigenvalue weighted by atomic mass is 16.5. The molecule has 0 unspecified atom stereocenters. The molecule has 1 aromatic heterocycles. The number of aromatic nitrogens is 2. The van der Waals surface area contributed by atoms with E-state index in [9.17, 15) is 4.79 Å². The van der Waals surface area contributed by atoms with Crippen LogP contribution in [0.15, 0.2) is 28.8 Å². The van der Waals surface area contributed by atoms with E-state index in [1.165, 1.54) is 0 Å². The summed E-state index contributed by atoms with van der Waals surface area (Å²) in [7, 11) is 1.92. The van der Waals surface area contributed by atoms with E-state index >= 15 is 0 Å². The van der Waals surface area contributed by atoms with Crippen LogP contribution < -0.4 is 0 Å². The van der Waals surface area contributed by atoms with Crippen LogP contribution in [0.4, 0.5) is 0 Å². The Bertz CT molecular complexity index is 580. The standard InChI is InChI=1S/C13H15N3O3/c1-9-14-12(15-19-9)8-16(2)7-10-4-3-5-11(6-10)13(17)18/h3-6H,7-8H2,1-2H3,(H,17,18). The van der Waals surface area contributed by atoms with Gasteiger partial charge < -0.3 is 9.63 Å². The Kier molecular flexibility index (Phi) is 3.91. The topological polar surface area (TPSA) is 79.5 Å². The largest absolute Gasteiger partial charge is 0.478 e. The molecule has 0 aliphatic carbocycles. The van der Waals surface area contributed by atoms with Crippen molar-refractivity contribution in [1.29, 1.82) is 0 Å². The van der Waals surface area contributed by atoms with Gasteiger partial charge in [-0.2, -0.15) is 4.98 Å². The second kappa shape index (κ2) is 5.62. The van der Waals surface area contributed by atoms with Gasteiger partial charge in [0.25, 0.3) is 0 Å². The summed E-state index contributed by atoms with van der Waals surface area (Å²) in [5, 5.41) is 12.8. The number of aromatic carboxylic acids is 1. The van der Waals surface area contributed by atoms with Gasteiger partial charge in [0.15, 0.2) is 5.82 Å². The van der Waals surface area contributed by atoms with Gasteiger partial charge in [-0.3, -0.25) is 4.90 Å². The van der Waals surface area contributed by atoms with Crippen LogP contribution in [-0.2, 0) is 13.1 Å². The zero-order valence-electron chi connectivity index (χ0n) is 10.8. The van der Waals surface area contributed by atoms with Crippen LogP contribution in [0.3, 0.4) is 0 Å². The zero-order chi connectivity index (χ0) is 13.8. The normalized spacial score (nSPS) is 10.9. The molecule has 19 heavy (non-hydrogen) atoms. The molecule has 0 saturated heterocycles. The molecule has 1 N–H and O–H groups in total. The third kappa shape index (κ3) is 3.62. The van der Waals surface area contributed by atoms with Crippen molar-refractivity contribution < 1.29 is 14.4 Å². The van der Waals surface area contributed by atoms with Crippen molar-refractivity contribution in [3.63, 3.8) is 0 Å². The predicted molar refractivity (Wildman–Crippen MR) is 67.6 cm³/mol. The van der Waals surface area contributed by atoms with Gasteiger partial charge in [-0.15, -0.1) is 0 Å². The lowest BCUT2D eigenvalue weighted by molar-refractivity contribution is 0.0696. The first-order valence-electron chi connectivity index (χ1n) is 5.84. The van der Waals surface area contributed by atoms with Crippen LogP contribution in [0.5, 0.6) is 0 Å². The first kappa shape index (κ1) is 13.2. The lowest BCUT2D eigenvalue weighted by atomic mass is 10.1. The summed E-state index contributed by atoms with van der Waals surface area (Å²) >= 11 is 0. The van der Waals surface area contributed by atoms with E-state index < -0.39 is 5.97 Å². The van der Waals surface area contributed by atoms with Gasteiger partial charge in [0.2, 0.25) is 5.89 Å². The molecule has 0 fully saturated rings. The molecule has 100 valence electrons. The molecule has 0 aliphatic heterocycles. The van der Waals surface area contributed by atoms with Gasteiger partial charge >= 0.3 is 5.97 Å². The molecule has 2 rings (SSSR count). The molecule has 6 heteroatoms. The van der Waals surface area contributed by atoms with Crippen molar-refractivity contribution in [3.05, 3.63) is 47.1 Å². The Hall–Kier alpha value is -2.21. The minimum absolute atomic E-state index is 0.293. The summed E-state index contributed by atoms with van der Waals surface area (Å²) in [4.78, 5) is 17.0. The minimum atomic E-state index is -0.918. The third-order valence-corrected chi connectivity index (χ3v) is 2.61. The molecule has 1 aromatic carbocycles. The highest BCUT2D eigenvalue weighted by Gasteiger charge is 2.08. The maximum absolute atomic E-state index is 10.9. The summed E-state index contributed by atoms with van der Waals surface area (Å²) in [5.74, 6) is 0.240. The van der Waals surface area contributed by atoms with E-state index in [2.05, 4.69) is 10.1 Å². The monoisotopic (exact) mass is 261 g/mol. The smallest absolute Gasteiger partial charge is 0.335 e. The molecule has 0 spiro atoms. The summed E-state index contributed by atoms with van der Waals surface area (Å²) in [6, 6.07) is 6.88. The fourth-order valence-electron chi connectivity index (χ4n) is 1.82. The molecule has 0 atom stereocenters. The number of aryl methyl sites for hydroxylation is 1. The Morgan fingerprint density at radius 3 is 2.84 bits per heavy atom. The number of hydrogen-bond donors (Lipinski definition) is 1. The van der Waals surface area contributed by atoms with E-state index in [0.717, 1.165) is 5.56 Å². The molecule has 0 saturated carbocycles. The number of nitrogens with zero attached hydrogens (tertiary/aromatic N) is 3. The van der Waals surface area contributed by atoms with Crippen LogP contribution in [0.1, 0.15) is 27.6 Å². The van der Waals surface area contributed by atoms with Crippen molar-refractivity contribution in [3.8, 4) is 0 Å². The molecular formula is C13H15N3O3. The molecule has 0 radical (unpaired) electrons. The SMILES string of the molecule is Cc1nc(CN(C)Cc2cccc(C(=O)O)c2)no1. The maximum atomic E-state index is 10.9. The Labute approximate surface area is 110 Å². The van der Waals surface area contributed by atoms with Crippen molar-refractivity contribution in [2.45, 2.75) is 20.0 Å². The minimum Gasteiger partial charge on any atom is -0.478 e. The van der Waals surface area contributed by atoms with E-state index in [4.69, 9.17) is 9.63 Å². The Balaban J connectivity index is 2.00. The maximum Gasteiger partial charge on any atom is 0.335 e. The van der Waals surface area contributed by atoms with E-state index in [-0.39, 0.29) is 0 Å². The van der Waals surface area contributed by atoms with Crippen LogP contribution in [0, 0.1) is 6.92 Å². The average molecular weight is 261 g/mol. The Morgan fingerprint density at radius 1 is 1.42 bits per heavy atom. The van der Waals surface area contributed by atoms with Crippen molar-refractivity contribution >= 4 is 5.97 Å². The number of carboxylic acids is 1. The number of benzene rings is 1. The quantitative estimate of drug-likeness (QED) is 0.882. The van der Waals surface area contributed by atoms with E-state index in [1.54, 1.807) is 25.1 Å². The summed E-state index contributed by atoms with van der Waals surface area (Å²) < 4.78 is 4.90. The van der Waals surface area contributed by atoms with Crippen molar-refractivity contribution in [2.75, 3.05) is 7.05 Å². The lowest BCUT2D eigenvalue weighted by Crippen LogP contribution is -2.18. The number of hydrogen-bond acceptors (Lipinski definition) is 5. The molecule has 0 amide bonds. The van der Waals surface area contributed by atoms with Gasteiger partial charge in [0.05, 0.1) is 12.1 Å². The molecule has 0 aliphatic rings. The molecule has 1 heterocycles. The number of carbonyl (C=O) groups is 1. The van der Waals surface area contributed by atoms with Gasteiger partial charge in [0, 0.05) is 13.5 Å². The third-order valence-electron chi connectivity index (χ3n) is 2.61. The summed E-state index contributed by atoms with van der Waals surface area (Å²) in [6.07, 6.45) is 0. The second-order valence-electron chi connectivity index (χ2n) is 4.41. The van der Waals surface area contributed by atoms with Crippen LogP contribution >= 0.6 is 0 Å². The van der Waals surface area contributed by atoms with Crippen molar-refractivity contribution in [2.24, 2.45) is 0 Å². The first-order chi connectivity index (χ1) is 9.04. The van der Waals surface area contributed by atoms with Crippen LogP contribution in [-0.4, -0.2) is 33.2 Å². The van der Waals surface area contributed by atoms with Gasteiger partial charge in [-0.1, -0.05) is 17.3 Å². The number of carboxylic acid groups (broad SMARTS) is 1. The molecular weight excluding hydrogens is 246 g/mol. The zero-order valence-corrected chi connectivity index (χ0v) is 10.8. The predicted octanol–water partition coefficient (Wildman–Crippen LogP) is 1.71. The molecule has 6 nitrogen and oxygen atoms in total. The van der Waals surface area contributed by atoms with Gasteiger partial charge in [-0.25, -0.2) is 4.79 Å². The number of rotatable bonds is 5. The summed E-state index contributed by atoms with van der Waals surface area (Å²) in [6.45, 7) is 2.91.